The molecule has 1 saturated heterocycles. The van der Waals surface area contributed by atoms with E-state index >= 15 is 0 Å². The van der Waals surface area contributed by atoms with Gasteiger partial charge in [0.15, 0.2) is 11.1 Å². The molecular formula is C13H13F3N4O3S. The van der Waals surface area contributed by atoms with Gasteiger partial charge in [0, 0.05) is 25.5 Å². The molecule has 7 nitrogen and oxygen atoms in total. The molecule has 0 radical (unpaired) electrons. The summed E-state index contributed by atoms with van der Waals surface area (Å²) >= 11 is 0. The first-order valence-corrected chi connectivity index (χ1v) is 8.48. The molecule has 3 rings (SSSR count). The molecule has 1 aliphatic rings. The molecule has 11 heteroatoms. The van der Waals surface area contributed by atoms with Crippen LogP contribution < -0.4 is 0 Å². The second kappa shape index (κ2) is 5.81. The number of hydrogen-bond donors (Lipinski definition) is 0. The van der Waals surface area contributed by atoms with E-state index < -0.39 is 27.0 Å². The molecular weight excluding hydrogens is 349 g/mol. The molecule has 0 amide bonds. The molecule has 3 heterocycles. The number of halogens is 3. The zero-order valence-electron chi connectivity index (χ0n) is 12.5. The third-order valence-corrected chi connectivity index (χ3v) is 5.96. The Morgan fingerprint density at radius 1 is 1.38 bits per heavy atom. The van der Waals surface area contributed by atoms with Gasteiger partial charge in [0.2, 0.25) is 15.9 Å². The van der Waals surface area contributed by atoms with Crippen molar-refractivity contribution < 1.29 is 26.1 Å². The van der Waals surface area contributed by atoms with E-state index in [1.165, 1.54) is 17.4 Å². The summed E-state index contributed by atoms with van der Waals surface area (Å²) in [6, 6.07) is 2.14. The van der Waals surface area contributed by atoms with Crippen molar-refractivity contribution in [3.63, 3.8) is 0 Å². The van der Waals surface area contributed by atoms with Gasteiger partial charge in [0.25, 0.3) is 0 Å². The lowest BCUT2D eigenvalue weighted by molar-refractivity contribution is -0.137. The molecule has 2 aromatic heterocycles. The number of rotatable bonds is 3. The fourth-order valence-electron chi connectivity index (χ4n) is 2.37. The molecule has 1 atom stereocenters. The van der Waals surface area contributed by atoms with Gasteiger partial charge < -0.3 is 4.52 Å². The lowest BCUT2D eigenvalue weighted by Crippen LogP contribution is -2.22. The van der Waals surface area contributed by atoms with Crippen molar-refractivity contribution in [2.24, 2.45) is 0 Å². The van der Waals surface area contributed by atoms with Crippen LogP contribution in [0.4, 0.5) is 13.2 Å². The third-order valence-electron chi connectivity index (χ3n) is 3.75. The first-order valence-electron chi connectivity index (χ1n) is 6.97. The molecule has 1 unspecified atom stereocenters. The Morgan fingerprint density at radius 3 is 2.67 bits per heavy atom. The van der Waals surface area contributed by atoms with Crippen LogP contribution in [0.5, 0.6) is 0 Å². The van der Waals surface area contributed by atoms with Crippen LogP contribution in [0, 0.1) is 0 Å². The predicted octanol–water partition coefficient (Wildman–Crippen LogP) is 1.78. The zero-order chi connectivity index (χ0) is 17.5. The van der Waals surface area contributed by atoms with E-state index in [0.717, 1.165) is 12.3 Å². The van der Waals surface area contributed by atoms with Gasteiger partial charge in [-0.2, -0.15) is 18.2 Å². The molecule has 0 spiro atoms. The highest BCUT2D eigenvalue weighted by atomic mass is 32.2. The minimum absolute atomic E-state index is 0.0127. The molecule has 0 bridgehead atoms. The van der Waals surface area contributed by atoms with Gasteiger partial charge in [0.05, 0.1) is 12.0 Å². The number of nitrogens with zero attached hydrogens (tertiary/aromatic N) is 4. The number of alkyl halides is 3. The van der Waals surface area contributed by atoms with Crippen LogP contribution in [0.2, 0.25) is 0 Å². The number of sulfonamides is 1. The van der Waals surface area contributed by atoms with Crippen molar-refractivity contribution >= 4 is 10.0 Å². The summed E-state index contributed by atoms with van der Waals surface area (Å²) in [6.45, 7) is 0.366. The number of pyridine rings is 1. The summed E-state index contributed by atoms with van der Waals surface area (Å²) in [7, 11) is -2.03. The van der Waals surface area contributed by atoms with E-state index in [0.29, 0.717) is 18.7 Å². The standard InChI is InChI=1S/C13H13F3N4O3S/c1-20-5-4-10(24(20,21)22)12-18-11(19-23-12)6-9-3-2-8(7-17-9)13(14,15)16/h2-3,7,10H,4-6H2,1H3. The van der Waals surface area contributed by atoms with E-state index in [1.807, 2.05) is 0 Å². The summed E-state index contributed by atoms with van der Waals surface area (Å²) in [5.74, 6) is 0.156. The second-order valence-electron chi connectivity index (χ2n) is 5.41. The van der Waals surface area contributed by atoms with Crippen LogP contribution in [-0.4, -0.2) is 41.4 Å². The predicted molar refractivity (Wildman–Crippen MR) is 75.3 cm³/mol. The Hall–Kier alpha value is -2.01. The molecule has 130 valence electrons. The molecule has 1 aliphatic heterocycles. The van der Waals surface area contributed by atoms with Gasteiger partial charge in [-0.3, -0.25) is 4.98 Å². The van der Waals surface area contributed by atoms with Gasteiger partial charge in [-0.25, -0.2) is 12.7 Å². The molecule has 0 aromatic carbocycles. The van der Waals surface area contributed by atoms with Crippen LogP contribution in [0.3, 0.4) is 0 Å². The van der Waals surface area contributed by atoms with Gasteiger partial charge in [0.1, 0.15) is 0 Å². The number of aromatic nitrogens is 3. The SMILES string of the molecule is CN1CCC(c2nc(Cc3ccc(C(F)(F)F)cn3)no2)S1(=O)=O. The van der Waals surface area contributed by atoms with Crippen LogP contribution in [0.1, 0.15) is 34.6 Å². The van der Waals surface area contributed by atoms with Gasteiger partial charge >= 0.3 is 6.18 Å². The maximum Gasteiger partial charge on any atom is 0.417 e. The lowest BCUT2D eigenvalue weighted by atomic mass is 10.2. The monoisotopic (exact) mass is 362 g/mol. The molecule has 0 aliphatic carbocycles. The van der Waals surface area contributed by atoms with Gasteiger partial charge in [-0.1, -0.05) is 5.16 Å². The summed E-state index contributed by atoms with van der Waals surface area (Å²) in [5.41, 5.74) is -0.526. The highest BCUT2D eigenvalue weighted by Crippen LogP contribution is 2.33. The second-order valence-corrected chi connectivity index (χ2v) is 7.63. The number of hydrogen-bond acceptors (Lipinski definition) is 6. The Kier molecular flexibility index (Phi) is 4.08. The molecule has 0 saturated carbocycles. The van der Waals surface area contributed by atoms with Crippen LogP contribution in [0.25, 0.3) is 0 Å². The van der Waals surface area contributed by atoms with Crippen LogP contribution in [-0.2, 0) is 22.6 Å². The van der Waals surface area contributed by atoms with Crippen molar-refractivity contribution in [3.05, 3.63) is 41.3 Å². The van der Waals surface area contributed by atoms with Crippen LogP contribution >= 0.6 is 0 Å². The lowest BCUT2D eigenvalue weighted by Gasteiger charge is -2.08. The first kappa shape index (κ1) is 16.8. The fraction of sp³-hybridized carbons (Fsp3) is 0.462. The highest BCUT2D eigenvalue weighted by Gasteiger charge is 2.41. The third kappa shape index (κ3) is 3.13. The van der Waals surface area contributed by atoms with Crippen molar-refractivity contribution in [3.8, 4) is 0 Å². The van der Waals surface area contributed by atoms with E-state index in [4.69, 9.17) is 4.52 Å². The van der Waals surface area contributed by atoms with Crippen molar-refractivity contribution in [2.75, 3.05) is 13.6 Å². The Balaban J connectivity index is 1.75. The minimum atomic E-state index is -4.45. The van der Waals surface area contributed by atoms with E-state index in [1.54, 1.807) is 0 Å². The molecule has 1 fully saturated rings. The summed E-state index contributed by atoms with van der Waals surface area (Å²) in [6.07, 6.45) is -3.33. The normalized spacial score (nSPS) is 21.2. The Labute approximate surface area is 135 Å². The van der Waals surface area contributed by atoms with E-state index in [9.17, 15) is 21.6 Å². The Morgan fingerprint density at radius 2 is 2.12 bits per heavy atom. The summed E-state index contributed by atoms with van der Waals surface area (Å²) < 4.78 is 67.8. The smallest absolute Gasteiger partial charge is 0.338 e. The van der Waals surface area contributed by atoms with E-state index in [-0.39, 0.29) is 18.1 Å². The minimum Gasteiger partial charge on any atom is -0.338 e. The van der Waals surface area contributed by atoms with Gasteiger partial charge in [-0.05, 0) is 18.6 Å². The van der Waals surface area contributed by atoms with E-state index in [2.05, 4.69) is 15.1 Å². The highest BCUT2D eigenvalue weighted by molar-refractivity contribution is 7.89. The fourth-order valence-corrected chi connectivity index (χ4v) is 3.92. The largest absolute Gasteiger partial charge is 0.417 e. The maximum atomic E-state index is 12.5. The quantitative estimate of drug-likeness (QED) is 0.827. The maximum absolute atomic E-state index is 12.5. The average molecular weight is 362 g/mol. The molecule has 2 aromatic rings. The molecule has 24 heavy (non-hydrogen) atoms. The summed E-state index contributed by atoms with van der Waals surface area (Å²) in [5, 5.41) is 2.80. The summed E-state index contributed by atoms with van der Waals surface area (Å²) in [4.78, 5) is 7.76. The zero-order valence-corrected chi connectivity index (χ0v) is 13.3. The van der Waals surface area contributed by atoms with Gasteiger partial charge in [-0.15, -0.1) is 0 Å². The topological polar surface area (TPSA) is 89.2 Å². The van der Waals surface area contributed by atoms with Crippen molar-refractivity contribution in [1.82, 2.24) is 19.4 Å². The van der Waals surface area contributed by atoms with Crippen molar-refractivity contribution in [2.45, 2.75) is 24.3 Å². The Bertz CT molecular complexity index is 833. The average Bonchev–Trinajstić information content (AvgIpc) is 3.04. The molecule has 0 N–H and O–H groups in total. The van der Waals surface area contributed by atoms with Crippen LogP contribution in [0.15, 0.2) is 22.9 Å². The first-order chi connectivity index (χ1) is 11.2. The van der Waals surface area contributed by atoms with Crippen molar-refractivity contribution in [1.29, 1.82) is 0 Å².